The van der Waals surface area contributed by atoms with Crippen LogP contribution in [0.2, 0.25) is 0 Å². The quantitative estimate of drug-likeness (QED) is 0.455. The SMILES string of the molecule is CC(CCS)CCn1cc([N+](=O)[O-])c(=O)[nH]c1=O. The smallest absolute Gasteiger partial charge is 0.294 e. The van der Waals surface area contributed by atoms with Crippen LogP contribution in [0, 0.1) is 16.0 Å². The van der Waals surface area contributed by atoms with Gasteiger partial charge < -0.3 is 0 Å². The van der Waals surface area contributed by atoms with Gasteiger partial charge in [-0.25, -0.2) is 4.79 Å². The highest BCUT2D eigenvalue weighted by atomic mass is 32.1. The third kappa shape index (κ3) is 3.73. The van der Waals surface area contributed by atoms with Crippen LogP contribution in [0.25, 0.3) is 0 Å². The number of hydrogen-bond acceptors (Lipinski definition) is 5. The summed E-state index contributed by atoms with van der Waals surface area (Å²) in [5.74, 6) is 1.11. The van der Waals surface area contributed by atoms with Crippen LogP contribution < -0.4 is 11.2 Å². The molecule has 7 nitrogen and oxygen atoms in total. The molecule has 0 bridgehead atoms. The molecule has 0 amide bonds. The fourth-order valence-electron chi connectivity index (χ4n) is 1.52. The Balaban J connectivity index is 2.89. The molecule has 1 N–H and O–H groups in total. The van der Waals surface area contributed by atoms with E-state index in [1.807, 2.05) is 11.9 Å². The number of rotatable bonds is 6. The van der Waals surface area contributed by atoms with Crippen molar-refractivity contribution in [3.05, 3.63) is 37.1 Å². The van der Waals surface area contributed by atoms with E-state index in [1.165, 1.54) is 0 Å². The summed E-state index contributed by atoms with van der Waals surface area (Å²) in [6, 6.07) is 0. The van der Waals surface area contributed by atoms with Gasteiger partial charge in [0.25, 0.3) is 0 Å². The molecular weight excluding hydrogens is 258 g/mol. The number of nitrogens with one attached hydrogen (secondary N) is 1. The lowest BCUT2D eigenvalue weighted by Crippen LogP contribution is -2.31. The van der Waals surface area contributed by atoms with E-state index in [1.54, 1.807) is 0 Å². The van der Waals surface area contributed by atoms with Gasteiger partial charge in [-0.3, -0.25) is 24.5 Å². The van der Waals surface area contributed by atoms with E-state index >= 15 is 0 Å². The van der Waals surface area contributed by atoms with E-state index in [-0.39, 0.29) is 0 Å². The zero-order valence-electron chi connectivity index (χ0n) is 9.96. The zero-order valence-corrected chi connectivity index (χ0v) is 10.9. The Morgan fingerprint density at radius 1 is 1.50 bits per heavy atom. The van der Waals surface area contributed by atoms with Crippen LogP contribution in [0.4, 0.5) is 5.69 Å². The highest BCUT2D eigenvalue weighted by Crippen LogP contribution is 2.09. The highest BCUT2D eigenvalue weighted by molar-refractivity contribution is 7.80. The summed E-state index contributed by atoms with van der Waals surface area (Å²) in [5, 5.41) is 10.6. The largest absolute Gasteiger partial charge is 0.350 e. The molecule has 0 aliphatic rings. The Morgan fingerprint density at radius 2 is 2.17 bits per heavy atom. The van der Waals surface area contributed by atoms with Crippen LogP contribution in [0.5, 0.6) is 0 Å². The average Bonchev–Trinajstić information content (AvgIpc) is 2.27. The number of aromatic nitrogens is 2. The first-order valence-corrected chi connectivity index (χ1v) is 6.18. The zero-order chi connectivity index (χ0) is 13.7. The number of H-pyrrole nitrogens is 1. The van der Waals surface area contributed by atoms with Gasteiger partial charge in [-0.15, -0.1) is 0 Å². The Morgan fingerprint density at radius 3 is 2.72 bits per heavy atom. The Labute approximate surface area is 108 Å². The van der Waals surface area contributed by atoms with Crippen LogP contribution in [0.1, 0.15) is 19.8 Å². The molecule has 0 aliphatic carbocycles. The molecule has 1 aromatic rings. The van der Waals surface area contributed by atoms with Crippen molar-refractivity contribution in [1.82, 2.24) is 9.55 Å². The first-order valence-electron chi connectivity index (χ1n) is 5.54. The van der Waals surface area contributed by atoms with Gasteiger partial charge in [-0.1, -0.05) is 6.92 Å². The minimum absolute atomic E-state index is 0.339. The fraction of sp³-hybridized carbons (Fsp3) is 0.600. The predicted octanol–water partition coefficient (Wildman–Crippen LogP) is 0.791. The molecule has 1 atom stereocenters. The van der Waals surface area contributed by atoms with Gasteiger partial charge >= 0.3 is 16.9 Å². The van der Waals surface area contributed by atoms with Crippen molar-refractivity contribution in [2.75, 3.05) is 5.75 Å². The molecule has 0 spiro atoms. The minimum Gasteiger partial charge on any atom is -0.294 e. The van der Waals surface area contributed by atoms with Crippen LogP contribution in [0.3, 0.4) is 0 Å². The van der Waals surface area contributed by atoms with Gasteiger partial charge in [-0.05, 0) is 24.5 Å². The fourth-order valence-corrected chi connectivity index (χ4v) is 1.96. The predicted molar refractivity (Wildman–Crippen MR) is 70.2 cm³/mol. The molecule has 0 saturated heterocycles. The van der Waals surface area contributed by atoms with Gasteiger partial charge in [0.1, 0.15) is 0 Å². The average molecular weight is 273 g/mol. The summed E-state index contributed by atoms with van der Waals surface area (Å²) in [4.78, 5) is 34.3. The first kappa shape index (κ1) is 14.5. The lowest BCUT2D eigenvalue weighted by molar-refractivity contribution is -0.386. The van der Waals surface area contributed by atoms with Crippen molar-refractivity contribution in [3.63, 3.8) is 0 Å². The number of nitrogens with zero attached hydrogens (tertiary/aromatic N) is 2. The van der Waals surface area contributed by atoms with Crippen molar-refractivity contribution < 1.29 is 4.92 Å². The van der Waals surface area contributed by atoms with Gasteiger partial charge in [0.2, 0.25) is 0 Å². The summed E-state index contributed by atoms with van der Waals surface area (Å²) in [6.07, 6.45) is 2.60. The third-order valence-electron chi connectivity index (χ3n) is 2.67. The number of thiol groups is 1. The lowest BCUT2D eigenvalue weighted by atomic mass is 10.1. The summed E-state index contributed by atoms with van der Waals surface area (Å²) in [6.45, 7) is 2.35. The minimum atomic E-state index is -0.968. The van der Waals surface area contributed by atoms with Gasteiger partial charge in [0.05, 0.1) is 11.1 Å². The molecule has 100 valence electrons. The van der Waals surface area contributed by atoms with Gasteiger partial charge in [-0.2, -0.15) is 12.6 Å². The molecule has 8 heteroatoms. The van der Waals surface area contributed by atoms with E-state index in [0.29, 0.717) is 18.9 Å². The number of nitro groups is 1. The number of aryl methyl sites for hydroxylation is 1. The second-order valence-corrected chi connectivity index (χ2v) is 4.58. The Kier molecular flexibility index (Phi) is 5.14. The lowest BCUT2D eigenvalue weighted by Gasteiger charge is -2.10. The molecular formula is C10H15N3O4S. The van der Waals surface area contributed by atoms with Crippen LogP contribution in [-0.4, -0.2) is 20.2 Å². The highest BCUT2D eigenvalue weighted by Gasteiger charge is 2.15. The molecule has 1 heterocycles. The molecule has 0 aromatic carbocycles. The van der Waals surface area contributed by atoms with E-state index in [4.69, 9.17) is 0 Å². The molecule has 0 aliphatic heterocycles. The standard InChI is InChI=1S/C10H15N3O4S/c1-7(3-5-18)2-4-12-6-8(13(16)17)9(14)11-10(12)15/h6-7,18H,2-5H2,1H3,(H,11,14,15). The molecule has 1 aromatic heterocycles. The van der Waals surface area contributed by atoms with E-state index in [0.717, 1.165) is 22.9 Å². The van der Waals surface area contributed by atoms with Crippen molar-refractivity contribution in [1.29, 1.82) is 0 Å². The Hall–Kier alpha value is -1.57. The summed E-state index contributed by atoms with van der Waals surface area (Å²) < 4.78 is 1.16. The summed E-state index contributed by atoms with van der Waals surface area (Å²) in [7, 11) is 0. The second kappa shape index (κ2) is 6.39. The first-order chi connectivity index (χ1) is 8.45. The van der Waals surface area contributed by atoms with Crippen molar-refractivity contribution >= 4 is 18.3 Å². The molecule has 0 fully saturated rings. The van der Waals surface area contributed by atoms with Gasteiger partial charge in [0, 0.05) is 6.54 Å². The summed E-state index contributed by atoms with van der Waals surface area (Å²) in [5.41, 5.74) is -2.20. The second-order valence-electron chi connectivity index (χ2n) is 4.13. The van der Waals surface area contributed by atoms with E-state index in [2.05, 4.69) is 12.6 Å². The normalized spacial score (nSPS) is 12.3. The molecule has 0 radical (unpaired) electrons. The maximum Gasteiger partial charge on any atom is 0.350 e. The molecule has 18 heavy (non-hydrogen) atoms. The molecule has 1 unspecified atom stereocenters. The monoisotopic (exact) mass is 273 g/mol. The van der Waals surface area contributed by atoms with Crippen molar-refractivity contribution in [3.8, 4) is 0 Å². The van der Waals surface area contributed by atoms with E-state index < -0.39 is 21.9 Å². The van der Waals surface area contributed by atoms with Crippen LogP contribution in [0.15, 0.2) is 15.8 Å². The maximum atomic E-state index is 11.5. The Bertz CT molecular complexity index is 537. The van der Waals surface area contributed by atoms with Gasteiger partial charge in [0.15, 0.2) is 0 Å². The maximum absolute atomic E-state index is 11.5. The van der Waals surface area contributed by atoms with Crippen LogP contribution >= 0.6 is 12.6 Å². The topological polar surface area (TPSA) is 98.0 Å². The van der Waals surface area contributed by atoms with Crippen LogP contribution in [-0.2, 0) is 6.54 Å². The summed E-state index contributed by atoms with van der Waals surface area (Å²) >= 11 is 4.11. The number of hydrogen-bond donors (Lipinski definition) is 2. The molecule has 0 saturated carbocycles. The third-order valence-corrected chi connectivity index (χ3v) is 2.93. The number of aromatic amines is 1. The van der Waals surface area contributed by atoms with E-state index in [9.17, 15) is 19.7 Å². The van der Waals surface area contributed by atoms with Crippen molar-refractivity contribution in [2.24, 2.45) is 5.92 Å². The molecule has 1 rings (SSSR count). The van der Waals surface area contributed by atoms with Crippen molar-refractivity contribution in [2.45, 2.75) is 26.3 Å².